The fraction of sp³-hybridized carbons (Fsp3) is 0.235. The first-order valence-corrected chi connectivity index (χ1v) is 7.56. The fourth-order valence-corrected chi connectivity index (χ4v) is 2.87. The van der Waals surface area contributed by atoms with Gasteiger partial charge in [0.15, 0.2) is 0 Å². The van der Waals surface area contributed by atoms with E-state index in [0.29, 0.717) is 11.6 Å². The second-order valence-electron chi connectivity index (χ2n) is 4.94. The van der Waals surface area contributed by atoms with Gasteiger partial charge in [0.1, 0.15) is 0 Å². The smallest absolute Gasteiger partial charge is 0.0992 e. The number of benzene rings is 2. The molecule has 0 amide bonds. The predicted octanol–water partition coefficient (Wildman–Crippen LogP) is 4.37. The summed E-state index contributed by atoms with van der Waals surface area (Å²) in [4.78, 5) is 2.07. The Morgan fingerprint density at radius 1 is 1.19 bits per heavy atom. The molecule has 0 bridgehead atoms. The molecule has 3 nitrogen and oxygen atoms in total. The van der Waals surface area contributed by atoms with Crippen LogP contribution in [0.3, 0.4) is 0 Å². The summed E-state index contributed by atoms with van der Waals surface area (Å²) >= 11 is 3.64. The molecule has 1 atom stereocenters. The van der Waals surface area contributed by atoms with Gasteiger partial charge in [0, 0.05) is 28.9 Å². The van der Waals surface area contributed by atoms with Crippen LogP contribution in [-0.4, -0.2) is 14.1 Å². The average molecular weight is 344 g/mol. The van der Waals surface area contributed by atoms with Crippen LogP contribution in [0.25, 0.3) is 0 Å². The van der Waals surface area contributed by atoms with Crippen LogP contribution in [0.2, 0.25) is 0 Å². The van der Waals surface area contributed by atoms with Gasteiger partial charge in [-0.2, -0.15) is 5.26 Å². The first-order valence-electron chi connectivity index (χ1n) is 6.77. The van der Waals surface area contributed by atoms with Gasteiger partial charge in [-0.05, 0) is 49.9 Å². The van der Waals surface area contributed by atoms with Gasteiger partial charge >= 0.3 is 0 Å². The van der Waals surface area contributed by atoms with Gasteiger partial charge in [0.2, 0.25) is 0 Å². The zero-order chi connectivity index (χ0) is 15.4. The van der Waals surface area contributed by atoms with Gasteiger partial charge < -0.3 is 10.2 Å². The SMILES string of the molecule is CNC(C)c1ccc(N(C)c2cccc(C#N)c2)cc1Br. The lowest BCUT2D eigenvalue weighted by atomic mass is 10.1. The molecule has 0 spiro atoms. The Kier molecular flexibility index (Phi) is 5.00. The van der Waals surface area contributed by atoms with Gasteiger partial charge in [0.05, 0.1) is 11.6 Å². The van der Waals surface area contributed by atoms with E-state index in [4.69, 9.17) is 5.26 Å². The van der Waals surface area contributed by atoms with Crippen molar-refractivity contribution in [3.63, 3.8) is 0 Å². The molecule has 2 rings (SSSR count). The molecule has 1 N–H and O–H groups in total. The lowest BCUT2D eigenvalue weighted by molar-refractivity contribution is 0.649. The van der Waals surface area contributed by atoms with E-state index < -0.39 is 0 Å². The molecular formula is C17H18BrN3. The Bertz CT molecular complexity index is 676. The van der Waals surface area contributed by atoms with Crippen molar-refractivity contribution in [3.8, 4) is 6.07 Å². The molecule has 0 heterocycles. The van der Waals surface area contributed by atoms with E-state index in [0.717, 1.165) is 15.8 Å². The molecule has 108 valence electrons. The maximum atomic E-state index is 9.00. The van der Waals surface area contributed by atoms with Crippen LogP contribution in [0.4, 0.5) is 11.4 Å². The highest BCUT2D eigenvalue weighted by atomic mass is 79.9. The minimum absolute atomic E-state index is 0.292. The second kappa shape index (κ2) is 6.75. The Hall–Kier alpha value is -1.83. The van der Waals surface area contributed by atoms with Crippen molar-refractivity contribution in [1.29, 1.82) is 5.26 Å². The highest BCUT2D eigenvalue weighted by Gasteiger charge is 2.10. The van der Waals surface area contributed by atoms with E-state index in [1.165, 1.54) is 5.56 Å². The van der Waals surface area contributed by atoms with Crippen LogP contribution in [0.15, 0.2) is 46.9 Å². The predicted molar refractivity (Wildman–Crippen MR) is 90.8 cm³/mol. The average Bonchev–Trinajstić information content (AvgIpc) is 2.53. The Morgan fingerprint density at radius 2 is 1.90 bits per heavy atom. The van der Waals surface area contributed by atoms with E-state index in [1.54, 1.807) is 0 Å². The van der Waals surface area contributed by atoms with Crippen molar-refractivity contribution >= 4 is 27.3 Å². The largest absolute Gasteiger partial charge is 0.345 e. The molecule has 0 fully saturated rings. The third kappa shape index (κ3) is 3.44. The minimum Gasteiger partial charge on any atom is -0.345 e. The van der Waals surface area contributed by atoms with Gasteiger partial charge in [-0.25, -0.2) is 0 Å². The van der Waals surface area contributed by atoms with E-state index in [2.05, 4.69) is 57.3 Å². The van der Waals surface area contributed by atoms with E-state index in [-0.39, 0.29) is 0 Å². The summed E-state index contributed by atoms with van der Waals surface area (Å²) in [6, 6.07) is 16.4. The van der Waals surface area contributed by atoms with Crippen LogP contribution in [0, 0.1) is 11.3 Å². The highest BCUT2D eigenvalue weighted by Crippen LogP contribution is 2.31. The number of halogens is 1. The van der Waals surface area contributed by atoms with Crippen molar-refractivity contribution in [1.82, 2.24) is 5.32 Å². The molecule has 0 saturated heterocycles. The number of nitrogens with one attached hydrogen (secondary N) is 1. The molecular weight excluding hydrogens is 326 g/mol. The standard InChI is InChI=1S/C17H18BrN3/c1-12(20-2)16-8-7-15(10-17(16)18)21(3)14-6-4-5-13(9-14)11-19/h4-10,12,20H,1-3H3. The molecule has 21 heavy (non-hydrogen) atoms. The van der Waals surface area contributed by atoms with Gasteiger partial charge in [0.25, 0.3) is 0 Å². The van der Waals surface area contributed by atoms with Crippen molar-refractivity contribution < 1.29 is 0 Å². The van der Waals surface area contributed by atoms with Crippen molar-refractivity contribution in [3.05, 3.63) is 58.1 Å². The van der Waals surface area contributed by atoms with E-state index in [9.17, 15) is 0 Å². The first-order chi connectivity index (χ1) is 10.1. The molecule has 0 radical (unpaired) electrons. The second-order valence-corrected chi connectivity index (χ2v) is 5.79. The molecule has 2 aromatic carbocycles. The van der Waals surface area contributed by atoms with Gasteiger partial charge in [-0.3, -0.25) is 0 Å². The van der Waals surface area contributed by atoms with Crippen LogP contribution in [0.1, 0.15) is 24.1 Å². The summed E-state index contributed by atoms with van der Waals surface area (Å²) < 4.78 is 1.07. The number of hydrogen-bond donors (Lipinski definition) is 1. The maximum Gasteiger partial charge on any atom is 0.0992 e. The van der Waals surface area contributed by atoms with Gasteiger partial charge in [-0.1, -0.05) is 28.1 Å². The van der Waals surface area contributed by atoms with Crippen LogP contribution < -0.4 is 10.2 Å². The summed E-state index contributed by atoms with van der Waals surface area (Å²) in [5.74, 6) is 0. The monoisotopic (exact) mass is 343 g/mol. The summed E-state index contributed by atoms with van der Waals surface area (Å²) in [6.45, 7) is 2.12. The molecule has 0 aromatic heterocycles. The Labute approximate surface area is 134 Å². The lowest BCUT2D eigenvalue weighted by Crippen LogP contribution is -2.14. The number of nitriles is 1. The molecule has 0 aliphatic carbocycles. The number of nitrogens with zero attached hydrogens (tertiary/aromatic N) is 2. The zero-order valence-electron chi connectivity index (χ0n) is 12.4. The Balaban J connectivity index is 2.33. The summed E-state index contributed by atoms with van der Waals surface area (Å²) in [7, 11) is 3.95. The molecule has 0 saturated carbocycles. The third-order valence-corrected chi connectivity index (χ3v) is 4.32. The number of hydrogen-bond acceptors (Lipinski definition) is 3. The highest BCUT2D eigenvalue weighted by molar-refractivity contribution is 9.10. The molecule has 0 aliphatic heterocycles. The normalized spacial score (nSPS) is 11.8. The van der Waals surface area contributed by atoms with E-state index >= 15 is 0 Å². The molecule has 4 heteroatoms. The quantitative estimate of drug-likeness (QED) is 0.895. The third-order valence-electron chi connectivity index (χ3n) is 3.63. The Morgan fingerprint density at radius 3 is 2.52 bits per heavy atom. The summed E-state index contributed by atoms with van der Waals surface area (Å²) in [6.07, 6.45) is 0. The summed E-state index contributed by atoms with van der Waals surface area (Å²) in [5, 5.41) is 12.2. The summed E-state index contributed by atoms with van der Waals surface area (Å²) in [5.41, 5.74) is 3.96. The van der Waals surface area contributed by atoms with Crippen LogP contribution in [0.5, 0.6) is 0 Å². The van der Waals surface area contributed by atoms with Crippen molar-refractivity contribution in [2.45, 2.75) is 13.0 Å². The van der Waals surface area contributed by atoms with Crippen molar-refractivity contribution in [2.75, 3.05) is 19.0 Å². The first kappa shape index (κ1) is 15.6. The fourth-order valence-electron chi connectivity index (χ4n) is 2.16. The van der Waals surface area contributed by atoms with Gasteiger partial charge in [-0.15, -0.1) is 0 Å². The molecule has 2 aromatic rings. The minimum atomic E-state index is 0.292. The molecule has 0 aliphatic rings. The number of rotatable bonds is 4. The molecule has 1 unspecified atom stereocenters. The number of anilines is 2. The van der Waals surface area contributed by atoms with E-state index in [1.807, 2.05) is 38.4 Å². The zero-order valence-corrected chi connectivity index (χ0v) is 14.0. The topological polar surface area (TPSA) is 39.1 Å². The lowest BCUT2D eigenvalue weighted by Gasteiger charge is -2.22. The van der Waals surface area contributed by atoms with Crippen LogP contribution in [-0.2, 0) is 0 Å². The van der Waals surface area contributed by atoms with Crippen LogP contribution >= 0.6 is 15.9 Å². The van der Waals surface area contributed by atoms with Crippen molar-refractivity contribution in [2.24, 2.45) is 0 Å². The maximum absolute atomic E-state index is 9.00.